The normalized spacial score (nSPS) is 12.0. The zero-order valence-electron chi connectivity index (χ0n) is 14.1. The van der Waals surface area contributed by atoms with E-state index in [2.05, 4.69) is 20.2 Å². The van der Waals surface area contributed by atoms with Crippen LogP contribution in [0.4, 0.5) is 19.0 Å². The van der Waals surface area contributed by atoms with E-state index in [0.717, 1.165) is 18.0 Å². The van der Waals surface area contributed by atoms with Crippen molar-refractivity contribution in [3.8, 4) is 11.3 Å². The minimum Gasteiger partial charge on any atom is -0.381 e. The van der Waals surface area contributed by atoms with Crippen molar-refractivity contribution in [3.63, 3.8) is 0 Å². The van der Waals surface area contributed by atoms with Crippen LogP contribution in [0.15, 0.2) is 42.7 Å². The number of alkyl halides is 3. The molecule has 4 rings (SSSR count). The van der Waals surface area contributed by atoms with Gasteiger partial charge in [-0.25, -0.2) is 14.5 Å². The molecule has 0 radical (unpaired) electrons. The lowest BCUT2D eigenvalue weighted by Gasteiger charge is -2.07. The van der Waals surface area contributed by atoms with Crippen LogP contribution in [0.5, 0.6) is 0 Å². The minimum atomic E-state index is -4.60. The monoisotopic (exact) mass is 373 g/mol. The molecule has 0 spiro atoms. The lowest BCUT2D eigenvalue weighted by Crippen LogP contribution is -2.16. The Balaban J connectivity index is 1.78. The van der Waals surface area contributed by atoms with Crippen LogP contribution in [0, 0.1) is 6.92 Å². The van der Waals surface area contributed by atoms with Crippen molar-refractivity contribution < 1.29 is 13.2 Å². The number of halogens is 3. The van der Waals surface area contributed by atoms with Gasteiger partial charge in [0.2, 0.25) is 0 Å². The van der Waals surface area contributed by atoms with Crippen molar-refractivity contribution in [2.75, 3.05) is 5.73 Å². The number of fused-ring (bicyclic) bond motifs is 1. The average Bonchev–Trinajstić information content (AvgIpc) is 3.26. The Bertz CT molecular complexity index is 1110. The molecule has 3 heterocycles. The zero-order valence-corrected chi connectivity index (χ0v) is 14.1. The van der Waals surface area contributed by atoms with Crippen molar-refractivity contribution in [1.29, 1.82) is 0 Å². The fourth-order valence-electron chi connectivity index (χ4n) is 2.82. The third kappa shape index (κ3) is 3.09. The van der Waals surface area contributed by atoms with Gasteiger partial charge in [-0.05, 0) is 12.5 Å². The summed E-state index contributed by atoms with van der Waals surface area (Å²) in [5.74, 6) is 0.628. The molecule has 0 bridgehead atoms. The second kappa shape index (κ2) is 6.08. The molecule has 3 aromatic heterocycles. The quantitative estimate of drug-likeness (QED) is 0.597. The number of anilines is 1. The van der Waals surface area contributed by atoms with Crippen LogP contribution in [0.2, 0.25) is 0 Å². The van der Waals surface area contributed by atoms with Gasteiger partial charge < -0.3 is 5.73 Å². The molecule has 0 aliphatic carbocycles. The number of nitrogen functional groups attached to an aromatic ring is 1. The van der Waals surface area contributed by atoms with Crippen molar-refractivity contribution in [2.24, 2.45) is 0 Å². The Kier molecular flexibility index (Phi) is 3.83. The van der Waals surface area contributed by atoms with E-state index in [1.54, 1.807) is 6.92 Å². The van der Waals surface area contributed by atoms with E-state index in [1.807, 2.05) is 30.3 Å². The molecule has 0 unspecified atom stereocenters. The van der Waals surface area contributed by atoms with Gasteiger partial charge in [0, 0.05) is 18.2 Å². The Labute approximate surface area is 151 Å². The molecular weight excluding hydrogens is 359 g/mol. The average molecular weight is 373 g/mol. The highest BCUT2D eigenvalue weighted by atomic mass is 19.4. The fourth-order valence-corrected chi connectivity index (χ4v) is 2.82. The molecule has 138 valence electrons. The van der Waals surface area contributed by atoms with Crippen molar-refractivity contribution in [2.45, 2.75) is 19.6 Å². The van der Waals surface area contributed by atoms with Gasteiger partial charge in [-0.2, -0.15) is 14.9 Å². The molecule has 10 heteroatoms. The molecule has 0 fully saturated rings. The highest BCUT2D eigenvalue weighted by molar-refractivity contribution is 5.69. The van der Waals surface area contributed by atoms with Gasteiger partial charge in [-0.3, -0.25) is 0 Å². The number of aromatic nitrogens is 6. The smallest absolute Gasteiger partial charge is 0.381 e. The van der Waals surface area contributed by atoms with Crippen molar-refractivity contribution in [1.82, 2.24) is 29.4 Å². The number of benzene rings is 1. The Morgan fingerprint density at radius 3 is 2.52 bits per heavy atom. The first-order chi connectivity index (χ1) is 12.8. The molecule has 0 aliphatic rings. The van der Waals surface area contributed by atoms with E-state index in [4.69, 9.17) is 5.73 Å². The van der Waals surface area contributed by atoms with Crippen LogP contribution in [0.25, 0.3) is 16.9 Å². The molecule has 0 amide bonds. The molecule has 7 nitrogen and oxygen atoms in total. The maximum absolute atomic E-state index is 12.8. The summed E-state index contributed by atoms with van der Waals surface area (Å²) >= 11 is 0. The molecule has 4 aromatic rings. The van der Waals surface area contributed by atoms with Crippen LogP contribution in [0.1, 0.15) is 17.1 Å². The van der Waals surface area contributed by atoms with E-state index in [0.29, 0.717) is 23.6 Å². The predicted octanol–water partition coefficient (Wildman–Crippen LogP) is 2.95. The number of hydrogen-bond acceptors (Lipinski definition) is 5. The summed E-state index contributed by atoms with van der Waals surface area (Å²) in [6.07, 6.45) is -2.14. The number of nitrogens with zero attached hydrogens (tertiary/aromatic N) is 6. The summed E-state index contributed by atoms with van der Waals surface area (Å²) in [6, 6.07) is 9.67. The van der Waals surface area contributed by atoms with Crippen LogP contribution >= 0.6 is 0 Å². The Hall–Kier alpha value is -3.43. The highest BCUT2D eigenvalue weighted by Crippen LogP contribution is 2.28. The summed E-state index contributed by atoms with van der Waals surface area (Å²) in [7, 11) is 0. The van der Waals surface area contributed by atoms with E-state index < -0.39 is 6.30 Å². The third-order valence-corrected chi connectivity index (χ3v) is 4.09. The summed E-state index contributed by atoms with van der Waals surface area (Å²) in [5, 5.41) is 7.79. The molecule has 27 heavy (non-hydrogen) atoms. The second-order valence-corrected chi connectivity index (χ2v) is 6.00. The van der Waals surface area contributed by atoms with Gasteiger partial charge in [0.15, 0.2) is 17.3 Å². The van der Waals surface area contributed by atoms with Crippen LogP contribution in [-0.4, -0.2) is 29.4 Å². The Morgan fingerprint density at radius 1 is 1.11 bits per heavy atom. The van der Waals surface area contributed by atoms with Crippen LogP contribution in [-0.2, 0) is 12.7 Å². The largest absolute Gasteiger partial charge is 0.504 e. The van der Waals surface area contributed by atoms with Crippen molar-refractivity contribution in [3.05, 3.63) is 59.8 Å². The van der Waals surface area contributed by atoms with E-state index in [9.17, 15) is 13.2 Å². The third-order valence-electron chi connectivity index (χ3n) is 4.09. The number of aryl methyl sites for hydroxylation is 1. The first-order valence-corrected chi connectivity index (χ1v) is 8.01. The molecule has 2 N–H and O–H groups in total. The van der Waals surface area contributed by atoms with Gasteiger partial charge in [0.25, 0.3) is 0 Å². The van der Waals surface area contributed by atoms with Gasteiger partial charge in [0.1, 0.15) is 0 Å². The van der Waals surface area contributed by atoms with Gasteiger partial charge in [-0.1, -0.05) is 30.3 Å². The van der Waals surface area contributed by atoms with Crippen molar-refractivity contribution >= 4 is 11.5 Å². The second-order valence-electron chi connectivity index (χ2n) is 6.00. The van der Waals surface area contributed by atoms with Crippen LogP contribution < -0.4 is 5.73 Å². The SMILES string of the molecule is Cc1c(-c2cnn(C(F)(F)F)c2)nc(N)c2nc(Cc3ccccc3)nn12. The van der Waals surface area contributed by atoms with E-state index in [-0.39, 0.29) is 21.8 Å². The number of nitrogens with two attached hydrogens (primary N) is 1. The van der Waals surface area contributed by atoms with Gasteiger partial charge in [-0.15, -0.1) is 13.2 Å². The maximum atomic E-state index is 12.8. The molecule has 1 aromatic carbocycles. The molecule has 0 aliphatic heterocycles. The fraction of sp³-hybridized carbons (Fsp3) is 0.176. The lowest BCUT2D eigenvalue weighted by molar-refractivity contribution is -0.212. The Morgan fingerprint density at radius 2 is 1.85 bits per heavy atom. The summed E-state index contributed by atoms with van der Waals surface area (Å²) < 4.78 is 39.8. The molecular formula is C17H14F3N7. The molecule has 0 saturated heterocycles. The summed E-state index contributed by atoms with van der Waals surface area (Å²) in [6.45, 7) is 1.70. The highest BCUT2D eigenvalue weighted by Gasteiger charge is 2.32. The first kappa shape index (κ1) is 17.0. The first-order valence-electron chi connectivity index (χ1n) is 8.01. The van der Waals surface area contributed by atoms with Gasteiger partial charge >= 0.3 is 6.30 Å². The number of rotatable bonds is 3. The summed E-state index contributed by atoms with van der Waals surface area (Å²) in [4.78, 5) is 8.63. The lowest BCUT2D eigenvalue weighted by atomic mass is 10.1. The molecule has 0 atom stereocenters. The topological polar surface area (TPSA) is 86.9 Å². The van der Waals surface area contributed by atoms with Crippen LogP contribution in [0.3, 0.4) is 0 Å². The van der Waals surface area contributed by atoms with E-state index in [1.165, 1.54) is 4.52 Å². The zero-order chi connectivity index (χ0) is 19.2. The minimum absolute atomic E-state index is 0.0774. The standard InChI is InChI=1S/C17H14F3N7/c1-10-14(12-8-22-26(9-12)17(18,19)20)24-15(21)16-23-13(25-27(10)16)7-11-5-3-2-4-6-11/h2-6,8-9H,7H2,1H3,(H2,21,24). The van der Waals surface area contributed by atoms with Gasteiger partial charge in [0.05, 0.1) is 17.6 Å². The maximum Gasteiger partial charge on any atom is 0.504 e. The molecule has 0 saturated carbocycles. The summed E-state index contributed by atoms with van der Waals surface area (Å²) in [5.41, 5.74) is 8.36. The van der Waals surface area contributed by atoms with E-state index >= 15 is 0 Å². The predicted molar refractivity (Wildman–Crippen MR) is 91.7 cm³/mol. The number of hydrogen-bond donors (Lipinski definition) is 1.